The van der Waals surface area contributed by atoms with Gasteiger partial charge >= 0.3 is 0 Å². The molecule has 1 N–H and O–H groups in total. The van der Waals surface area contributed by atoms with Crippen LogP contribution in [0, 0.1) is 0 Å². The molecule has 2 aromatic rings. The van der Waals surface area contributed by atoms with Gasteiger partial charge < -0.3 is 10.1 Å². The van der Waals surface area contributed by atoms with Gasteiger partial charge in [-0.05, 0) is 29.8 Å². The summed E-state index contributed by atoms with van der Waals surface area (Å²) in [6.45, 7) is 0.409. The van der Waals surface area contributed by atoms with Gasteiger partial charge in [0.25, 0.3) is 5.91 Å². The number of thiocarbonyl (C=S) groups is 1. The molecule has 2 aromatic carbocycles. The van der Waals surface area contributed by atoms with Gasteiger partial charge in [0, 0.05) is 10.6 Å². The molecule has 6 heteroatoms. The zero-order valence-corrected chi connectivity index (χ0v) is 14.3. The lowest BCUT2D eigenvalue weighted by Crippen LogP contribution is -2.17. The second kappa shape index (κ2) is 7.17. The van der Waals surface area contributed by atoms with E-state index in [0.29, 0.717) is 20.9 Å². The maximum atomic E-state index is 11.6. The van der Waals surface area contributed by atoms with Crippen molar-refractivity contribution in [3.05, 3.63) is 69.6 Å². The first kappa shape index (κ1) is 16.1. The summed E-state index contributed by atoms with van der Waals surface area (Å²) in [7, 11) is 0. The molecule has 3 rings (SSSR count). The van der Waals surface area contributed by atoms with Crippen molar-refractivity contribution in [3.63, 3.8) is 0 Å². The van der Waals surface area contributed by atoms with E-state index in [1.807, 2.05) is 48.5 Å². The van der Waals surface area contributed by atoms with Gasteiger partial charge in [0.2, 0.25) is 0 Å². The summed E-state index contributed by atoms with van der Waals surface area (Å²) < 4.78 is 6.21. The second-order valence-electron chi connectivity index (χ2n) is 4.80. The molecule has 0 atom stereocenters. The van der Waals surface area contributed by atoms with Crippen LogP contribution in [0.1, 0.15) is 11.1 Å². The smallest absolute Gasteiger partial charge is 0.263 e. The molecule has 0 radical (unpaired) electrons. The molecule has 116 valence electrons. The number of ether oxygens (including phenoxy) is 1. The zero-order chi connectivity index (χ0) is 16.2. The fourth-order valence-corrected chi connectivity index (χ4v) is 3.24. The van der Waals surface area contributed by atoms with Crippen molar-refractivity contribution < 1.29 is 9.53 Å². The summed E-state index contributed by atoms with van der Waals surface area (Å²) in [4.78, 5) is 12.2. The van der Waals surface area contributed by atoms with E-state index in [9.17, 15) is 4.79 Å². The van der Waals surface area contributed by atoms with Crippen molar-refractivity contribution in [1.82, 2.24) is 5.32 Å². The summed E-state index contributed by atoms with van der Waals surface area (Å²) in [5.41, 5.74) is 1.85. The number of nitrogens with one attached hydrogen (secondary N) is 1. The number of carbonyl (C=O) groups excluding carboxylic acids is 1. The number of amides is 1. The van der Waals surface area contributed by atoms with E-state index in [-0.39, 0.29) is 5.91 Å². The molecule has 23 heavy (non-hydrogen) atoms. The molecular formula is C17H12ClNO2S2. The number of rotatable bonds is 4. The predicted molar refractivity (Wildman–Crippen MR) is 98.5 cm³/mol. The van der Waals surface area contributed by atoms with Gasteiger partial charge in [-0.1, -0.05) is 65.9 Å². The number of hydrogen-bond acceptors (Lipinski definition) is 4. The Morgan fingerprint density at radius 2 is 1.91 bits per heavy atom. The summed E-state index contributed by atoms with van der Waals surface area (Å²) >= 11 is 12.3. The highest BCUT2D eigenvalue weighted by molar-refractivity contribution is 8.26. The minimum absolute atomic E-state index is 0.154. The van der Waals surface area contributed by atoms with Gasteiger partial charge in [0.1, 0.15) is 16.7 Å². The molecule has 0 unspecified atom stereocenters. The van der Waals surface area contributed by atoms with Crippen LogP contribution in [0.3, 0.4) is 0 Å². The molecule has 3 nitrogen and oxygen atoms in total. The third-order valence-electron chi connectivity index (χ3n) is 3.17. The Morgan fingerprint density at radius 3 is 2.57 bits per heavy atom. The molecule has 0 saturated carbocycles. The van der Waals surface area contributed by atoms with Gasteiger partial charge in [0.05, 0.1) is 4.91 Å². The monoisotopic (exact) mass is 361 g/mol. The molecular weight excluding hydrogens is 350 g/mol. The Kier molecular flexibility index (Phi) is 5.00. The molecule has 1 fully saturated rings. The van der Waals surface area contributed by atoms with Crippen LogP contribution in [0.4, 0.5) is 0 Å². The van der Waals surface area contributed by atoms with Crippen LogP contribution in [0.15, 0.2) is 53.4 Å². The summed E-state index contributed by atoms with van der Waals surface area (Å²) in [6.07, 6.45) is 1.80. The predicted octanol–water partition coefficient (Wildman–Crippen LogP) is 4.41. The minimum Gasteiger partial charge on any atom is -0.489 e. The fourth-order valence-electron chi connectivity index (χ4n) is 2.01. The summed E-state index contributed by atoms with van der Waals surface area (Å²) in [6, 6.07) is 15.1. The molecule has 0 spiro atoms. The zero-order valence-electron chi connectivity index (χ0n) is 11.9. The van der Waals surface area contributed by atoms with Gasteiger partial charge in [-0.25, -0.2) is 0 Å². The molecule has 0 bridgehead atoms. The van der Waals surface area contributed by atoms with Gasteiger partial charge in [-0.2, -0.15) is 0 Å². The van der Waals surface area contributed by atoms with Crippen molar-refractivity contribution in [2.24, 2.45) is 0 Å². The van der Waals surface area contributed by atoms with E-state index in [2.05, 4.69) is 5.32 Å². The molecule has 1 aliphatic heterocycles. The lowest BCUT2D eigenvalue weighted by atomic mass is 10.2. The van der Waals surface area contributed by atoms with E-state index in [1.165, 1.54) is 11.8 Å². The van der Waals surface area contributed by atoms with E-state index in [1.54, 1.807) is 6.08 Å². The lowest BCUT2D eigenvalue weighted by molar-refractivity contribution is -0.115. The number of carbonyl (C=O) groups is 1. The first-order valence-corrected chi connectivity index (χ1v) is 8.43. The van der Waals surface area contributed by atoms with Crippen molar-refractivity contribution >= 4 is 51.9 Å². The van der Waals surface area contributed by atoms with Gasteiger partial charge in [-0.3, -0.25) is 4.79 Å². The molecule has 1 amide bonds. The topological polar surface area (TPSA) is 38.3 Å². The summed E-state index contributed by atoms with van der Waals surface area (Å²) in [5.74, 6) is 0.588. The Balaban J connectivity index is 1.66. The van der Waals surface area contributed by atoms with Crippen LogP contribution in [0.5, 0.6) is 5.75 Å². The third-order valence-corrected chi connectivity index (χ3v) is 4.70. The number of benzene rings is 2. The van der Waals surface area contributed by atoms with E-state index < -0.39 is 0 Å². The number of halogens is 1. The Labute approximate surface area is 148 Å². The van der Waals surface area contributed by atoms with Crippen LogP contribution >= 0.6 is 35.6 Å². The van der Waals surface area contributed by atoms with Crippen LogP contribution < -0.4 is 10.1 Å². The van der Waals surface area contributed by atoms with Gasteiger partial charge in [-0.15, -0.1) is 0 Å². The SMILES string of the molecule is O=C1NC(=S)SC1=Cc1ccc(OCc2ccccc2Cl)cc1. The average Bonchev–Trinajstić information content (AvgIpc) is 2.85. The van der Waals surface area contributed by atoms with Crippen LogP contribution in [-0.4, -0.2) is 10.2 Å². The van der Waals surface area contributed by atoms with Crippen molar-refractivity contribution in [2.45, 2.75) is 6.61 Å². The molecule has 1 saturated heterocycles. The van der Waals surface area contributed by atoms with Gasteiger partial charge in [0.15, 0.2) is 0 Å². The quantitative estimate of drug-likeness (QED) is 0.646. The highest BCUT2D eigenvalue weighted by Gasteiger charge is 2.21. The first-order chi connectivity index (χ1) is 11.1. The Morgan fingerprint density at radius 1 is 1.17 bits per heavy atom. The minimum atomic E-state index is -0.154. The lowest BCUT2D eigenvalue weighted by Gasteiger charge is -2.08. The number of hydrogen-bond donors (Lipinski definition) is 1. The Hall–Kier alpha value is -1.82. The van der Waals surface area contributed by atoms with Crippen LogP contribution in [0.2, 0.25) is 5.02 Å². The molecule has 0 aromatic heterocycles. The maximum Gasteiger partial charge on any atom is 0.263 e. The highest BCUT2D eigenvalue weighted by atomic mass is 35.5. The molecule has 1 heterocycles. The largest absolute Gasteiger partial charge is 0.489 e. The standard InChI is InChI=1S/C17H12ClNO2S2/c18-14-4-2-1-3-12(14)10-21-13-7-5-11(6-8-13)9-15-16(20)19-17(22)23-15/h1-9H,10H2,(H,19,20,22). The van der Waals surface area contributed by atoms with Crippen LogP contribution in [-0.2, 0) is 11.4 Å². The molecule has 0 aliphatic carbocycles. The normalized spacial score (nSPS) is 15.8. The molecule has 1 aliphatic rings. The maximum absolute atomic E-state index is 11.6. The fraction of sp³-hybridized carbons (Fsp3) is 0.0588. The third kappa shape index (κ3) is 4.13. The number of thioether (sulfide) groups is 1. The van der Waals surface area contributed by atoms with E-state index >= 15 is 0 Å². The highest BCUT2D eigenvalue weighted by Crippen LogP contribution is 2.26. The van der Waals surface area contributed by atoms with Crippen LogP contribution in [0.25, 0.3) is 6.08 Å². The van der Waals surface area contributed by atoms with Crippen molar-refractivity contribution in [3.8, 4) is 5.75 Å². The van der Waals surface area contributed by atoms with E-state index in [4.69, 9.17) is 28.6 Å². The van der Waals surface area contributed by atoms with Crippen molar-refractivity contribution in [1.29, 1.82) is 0 Å². The first-order valence-electron chi connectivity index (χ1n) is 6.83. The van der Waals surface area contributed by atoms with E-state index in [0.717, 1.165) is 16.9 Å². The average molecular weight is 362 g/mol. The summed E-state index contributed by atoms with van der Waals surface area (Å²) in [5, 5.41) is 3.28. The Bertz CT molecular complexity index is 787. The van der Waals surface area contributed by atoms with Crippen molar-refractivity contribution in [2.75, 3.05) is 0 Å². The second-order valence-corrected chi connectivity index (χ2v) is 6.93.